The summed E-state index contributed by atoms with van der Waals surface area (Å²) in [4.78, 5) is 1.33. The third-order valence-corrected chi connectivity index (χ3v) is 3.09. The zero-order valence-electron chi connectivity index (χ0n) is 9.35. The van der Waals surface area contributed by atoms with Gasteiger partial charge in [-0.2, -0.15) is 0 Å². The van der Waals surface area contributed by atoms with Crippen molar-refractivity contribution in [3.8, 4) is 0 Å². The third-order valence-electron chi connectivity index (χ3n) is 2.17. The van der Waals surface area contributed by atoms with Crippen molar-refractivity contribution in [3.63, 3.8) is 0 Å². The van der Waals surface area contributed by atoms with Crippen molar-refractivity contribution in [1.82, 2.24) is 3.94 Å². The van der Waals surface area contributed by atoms with E-state index in [9.17, 15) is 5.11 Å². The largest absolute Gasteiger partial charge is 0.393 e. The number of aliphatic hydroxyl groups is 1. The number of nitrogens with one attached hydrogen (secondary N) is 1. The second-order valence-corrected chi connectivity index (χ2v) is 5.50. The van der Waals surface area contributed by atoms with E-state index < -0.39 is 0 Å². The Labute approximate surface area is 96.8 Å². The van der Waals surface area contributed by atoms with Crippen LogP contribution >= 0.6 is 23.6 Å². The maximum absolute atomic E-state index is 9.73. The minimum absolute atomic E-state index is 0.347. The van der Waals surface area contributed by atoms with Gasteiger partial charge >= 0.3 is 0 Å². The molecular weight excluding hydrogens is 223 g/mol. The second-order valence-electron chi connectivity index (χ2n) is 4.65. The highest BCUT2D eigenvalue weighted by Crippen LogP contribution is 2.25. The standard InChI is InChI=1S/C9H20Cl2N2O/c1-9(2,13(10)11)7-8(14)5-6-12(3)4/h8,14H,5-7H2,1-4H3/p+1. The summed E-state index contributed by atoms with van der Waals surface area (Å²) in [5.74, 6) is 0. The summed E-state index contributed by atoms with van der Waals surface area (Å²) in [6.45, 7) is 4.75. The molecule has 0 heterocycles. The molecule has 0 saturated carbocycles. The highest BCUT2D eigenvalue weighted by Gasteiger charge is 2.27. The van der Waals surface area contributed by atoms with Gasteiger partial charge in [0.1, 0.15) is 0 Å². The van der Waals surface area contributed by atoms with Crippen LogP contribution in [0.15, 0.2) is 0 Å². The van der Waals surface area contributed by atoms with Gasteiger partial charge in [-0.05, 0) is 43.8 Å². The lowest BCUT2D eigenvalue weighted by Crippen LogP contribution is -3.05. The zero-order chi connectivity index (χ0) is 11.4. The molecule has 3 nitrogen and oxygen atoms in total. The molecule has 0 aliphatic carbocycles. The monoisotopic (exact) mass is 243 g/mol. The van der Waals surface area contributed by atoms with E-state index in [0.717, 1.165) is 16.9 Å². The Bertz CT molecular complexity index is 163. The van der Waals surface area contributed by atoms with Crippen molar-refractivity contribution in [3.05, 3.63) is 0 Å². The Balaban J connectivity index is 3.87. The quantitative estimate of drug-likeness (QED) is 0.672. The van der Waals surface area contributed by atoms with Gasteiger partial charge in [0.15, 0.2) is 0 Å². The molecule has 0 aromatic heterocycles. The van der Waals surface area contributed by atoms with Crippen LogP contribution in [-0.4, -0.2) is 41.3 Å². The van der Waals surface area contributed by atoms with Gasteiger partial charge in [-0.1, -0.05) is 0 Å². The first-order valence-corrected chi connectivity index (χ1v) is 5.52. The highest BCUT2D eigenvalue weighted by molar-refractivity contribution is 6.34. The molecule has 2 N–H and O–H groups in total. The molecule has 0 aromatic carbocycles. The third kappa shape index (κ3) is 6.04. The van der Waals surface area contributed by atoms with Crippen molar-refractivity contribution in [2.75, 3.05) is 20.6 Å². The number of rotatable bonds is 6. The van der Waals surface area contributed by atoms with Gasteiger partial charge in [0.25, 0.3) is 0 Å². The molecule has 0 radical (unpaired) electrons. The van der Waals surface area contributed by atoms with Crippen molar-refractivity contribution >= 4 is 23.6 Å². The lowest BCUT2D eigenvalue weighted by Gasteiger charge is -2.29. The minimum atomic E-state index is -0.385. The Morgan fingerprint density at radius 3 is 2.21 bits per heavy atom. The fourth-order valence-electron chi connectivity index (χ4n) is 1.20. The second kappa shape index (κ2) is 6.13. The molecule has 86 valence electrons. The molecule has 0 spiro atoms. The minimum Gasteiger partial charge on any atom is -0.393 e. The summed E-state index contributed by atoms with van der Waals surface area (Å²) in [5.41, 5.74) is -0.385. The summed E-state index contributed by atoms with van der Waals surface area (Å²) < 4.78 is 1.11. The molecule has 0 aliphatic rings. The fraction of sp³-hybridized carbons (Fsp3) is 1.00. The van der Waals surface area contributed by atoms with Gasteiger partial charge in [0.05, 0.1) is 26.7 Å². The predicted molar refractivity (Wildman–Crippen MR) is 60.5 cm³/mol. The molecule has 0 aromatic rings. The topological polar surface area (TPSA) is 27.9 Å². The van der Waals surface area contributed by atoms with Crippen LogP contribution in [-0.2, 0) is 0 Å². The number of quaternary nitrogens is 1. The van der Waals surface area contributed by atoms with Crippen molar-refractivity contribution < 1.29 is 10.0 Å². The van der Waals surface area contributed by atoms with Gasteiger partial charge in [-0.3, -0.25) is 0 Å². The Morgan fingerprint density at radius 1 is 1.36 bits per heavy atom. The molecule has 5 heteroatoms. The molecule has 0 fully saturated rings. The van der Waals surface area contributed by atoms with Crippen molar-refractivity contribution in [1.29, 1.82) is 0 Å². The predicted octanol–water partition coefficient (Wildman–Crippen LogP) is 0.660. The molecule has 0 amide bonds. The zero-order valence-corrected chi connectivity index (χ0v) is 10.9. The summed E-state index contributed by atoms with van der Waals surface area (Å²) >= 11 is 11.3. The van der Waals surface area contributed by atoms with E-state index >= 15 is 0 Å². The molecule has 0 saturated heterocycles. The number of hydrogen-bond acceptors (Lipinski definition) is 2. The van der Waals surface area contributed by atoms with Crippen LogP contribution in [0.2, 0.25) is 0 Å². The fourth-order valence-corrected chi connectivity index (χ4v) is 1.34. The summed E-state index contributed by atoms with van der Waals surface area (Å²) in [5, 5.41) is 9.73. The molecular formula is C9H21Cl2N2O+. The van der Waals surface area contributed by atoms with E-state index in [-0.39, 0.29) is 11.6 Å². The maximum atomic E-state index is 9.73. The number of halogens is 2. The van der Waals surface area contributed by atoms with Gasteiger partial charge in [-0.15, -0.1) is 3.94 Å². The summed E-state index contributed by atoms with van der Waals surface area (Å²) in [7, 11) is 4.13. The SMILES string of the molecule is C[NH+](C)CCC(O)CC(C)(C)N(Cl)Cl. The lowest BCUT2D eigenvalue weighted by molar-refractivity contribution is -0.858. The van der Waals surface area contributed by atoms with Crippen molar-refractivity contribution in [2.45, 2.75) is 38.3 Å². The van der Waals surface area contributed by atoms with E-state index in [1.165, 1.54) is 4.90 Å². The van der Waals surface area contributed by atoms with Gasteiger partial charge in [0.2, 0.25) is 0 Å². The molecule has 14 heavy (non-hydrogen) atoms. The highest BCUT2D eigenvalue weighted by atomic mass is 35.5. The Hall–Kier alpha value is 0.460. The van der Waals surface area contributed by atoms with Crippen molar-refractivity contribution in [2.24, 2.45) is 0 Å². The number of hydrogen-bond donors (Lipinski definition) is 2. The van der Waals surface area contributed by atoms with Crippen LogP contribution in [0.5, 0.6) is 0 Å². The Kier molecular flexibility index (Phi) is 6.33. The first kappa shape index (κ1) is 14.5. The normalized spacial score (nSPS) is 15.2. The van der Waals surface area contributed by atoms with E-state index in [1.54, 1.807) is 0 Å². The first-order chi connectivity index (χ1) is 6.25. The summed E-state index contributed by atoms with van der Waals surface area (Å²) in [6, 6.07) is 0. The van der Waals surface area contributed by atoms with E-state index in [1.807, 2.05) is 13.8 Å². The smallest absolute Gasteiger partial charge is 0.0791 e. The van der Waals surface area contributed by atoms with Gasteiger partial charge < -0.3 is 10.0 Å². The van der Waals surface area contributed by atoms with E-state index in [0.29, 0.717) is 6.42 Å². The van der Waals surface area contributed by atoms with Crippen LogP contribution in [0, 0.1) is 0 Å². The van der Waals surface area contributed by atoms with Crippen LogP contribution < -0.4 is 4.90 Å². The van der Waals surface area contributed by atoms with Crippen LogP contribution in [0.3, 0.4) is 0 Å². The average molecular weight is 244 g/mol. The first-order valence-electron chi connectivity index (χ1n) is 4.84. The molecule has 1 unspecified atom stereocenters. The lowest BCUT2D eigenvalue weighted by atomic mass is 9.96. The maximum Gasteiger partial charge on any atom is 0.0791 e. The number of aliphatic hydroxyl groups excluding tert-OH is 1. The van der Waals surface area contributed by atoms with Gasteiger partial charge in [-0.25, -0.2) is 0 Å². The van der Waals surface area contributed by atoms with Crippen LogP contribution in [0.25, 0.3) is 0 Å². The molecule has 0 rings (SSSR count). The van der Waals surface area contributed by atoms with Crippen LogP contribution in [0.1, 0.15) is 26.7 Å². The Morgan fingerprint density at radius 2 is 1.86 bits per heavy atom. The summed E-state index contributed by atoms with van der Waals surface area (Å²) in [6.07, 6.45) is 1.00. The molecule has 0 aliphatic heterocycles. The molecule has 1 atom stereocenters. The molecule has 0 bridgehead atoms. The van der Waals surface area contributed by atoms with E-state index in [2.05, 4.69) is 14.1 Å². The van der Waals surface area contributed by atoms with E-state index in [4.69, 9.17) is 23.6 Å². The van der Waals surface area contributed by atoms with Crippen LogP contribution in [0.4, 0.5) is 0 Å². The average Bonchev–Trinajstić information content (AvgIpc) is 1.99. The number of nitrogens with zero attached hydrogens (tertiary/aromatic N) is 1. The van der Waals surface area contributed by atoms with Gasteiger partial charge in [0, 0.05) is 12.0 Å².